The largest absolute Gasteiger partial charge is 0.492 e. The molecule has 2 aromatic rings. The van der Waals surface area contributed by atoms with Crippen LogP contribution in [0.4, 0.5) is 5.69 Å². The Bertz CT molecular complexity index is 993. The standard InChI is InChI=1S/C22H29IN2O4S/c1-16-7-9-20(15-17(16)2)29-13-11-24-22(26)6-5-12-25(30(4,27)28)21-10-8-19(23)14-18(21)3/h7-10,14-15H,5-6,11-13H2,1-4H3,(H,24,26). The van der Waals surface area contributed by atoms with Crippen LogP contribution in [0.1, 0.15) is 29.5 Å². The average molecular weight is 544 g/mol. The normalized spacial score (nSPS) is 11.2. The van der Waals surface area contributed by atoms with Gasteiger partial charge in [0.15, 0.2) is 0 Å². The molecule has 6 nitrogen and oxygen atoms in total. The summed E-state index contributed by atoms with van der Waals surface area (Å²) in [7, 11) is -3.43. The average Bonchev–Trinajstić information content (AvgIpc) is 2.65. The number of amides is 1. The first-order chi connectivity index (χ1) is 14.1. The number of aryl methyl sites for hydroxylation is 3. The van der Waals surface area contributed by atoms with Crippen molar-refractivity contribution in [3.05, 3.63) is 56.7 Å². The van der Waals surface area contributed by atoms with Crippen LogP contribution in [0.2, 0.25) is 0 Å². The van der Waals surface area contributed by atoms with Gasteiger partial charge in [0.25, 0.3) is 0 Å². The van der Waals surface area contributed by atoms with Crippen molar-refractivity contribution in [2.45, 2.75) is 33.6 Å². The summed E-state index contributed by atoms with van der Waals surface area (Å²) < 4.78 is 32.6. The van der Waals surface area contributed by atoms with Crippen molar-refractivity contribution in [1.29, 1.82) is 0 Å². The molecule has 1 N–H and O–H groups in total. The monoisotopic (exact) mass is 544 g/mol. The van der Waals surface area contributed by atoms with Crippen LogP contribution in [0.3, 0.4) is 0 Å². The number of ether oxygens (including phenoxy) is 1. The van der Waals surface area contributed by atoms with Gasteiger partial charge in [-0.25, -0.2) is 8.42 Å². The Morgan fingerprint density at radius 3 is 2.43 bits per heavy atom. The first-order valence-corrected chi connectivity index (χ1v) is 12.7. The molecule has 0 unspecified atom stereocenters. The highest BCUT2D eigenvalue weighted by Crippen LogP contribution is 2.24. The number of hydrogen-bond acceptors (Lipinski definition) is 4. The highest BCUT2D eigenvalue weighted by Gasteiger charge is 2.19. The minimum absolute atomic E-state index is 0.119. The molecule has 0 aliphatic rings. The molecule has 0 spiro atoms. The van der Waals surface area contributed by atoms with Gasteiger partial charge in [0.1, 0.15) is 12.4 Å². The smallest absolute Gasteiger partial charge is 0.232 e. The van der Waals surface area contributed by atoms with Gasteiger partial charge in [-0.15, -0.1) is 0 Å². The predicted octanol–water partition coefficient (Wildman–Crippen LogP) is 3.96. The molecule has 8 heteroatoms. The van der Waals surface area contributed by atoms with Gasteiger partial charge >= 0.3 is 0 Å². The summed E-state index contributed by atoms with van der Waals surface area (Å²) >= 11 is 2.20. The lowest BCUT2D eigenvalue weighted by Gasteiger charge is -2.24. The van der Waals surface area contributed by atoms with E-state index in [1.54, 1.807) is 0 Å². The van der Waals surface area contributed by atoms with E-state index in [0.717, 1.165) is 20.4 Å². The zero-order chi connectivity index (χ0) is 22.3. The molecular formula is C22H29IN2O4S. The Hall–Kier alpha value is -1.81. The van der Waals surface area contributed by atoms with Crippen LogP contribution < -0.4 is 14.4 Å². The zero-order valence-corrected chi connectivity index (χ0v) is 20.8. The van der Waals surface area contributed by atoms with Crippen LogP contribution >= 0.6 is 22.6 Å². The Morgan fingerprint density at radius 2 is 1.80 bits per heavy atom. The highest BCUT2D eigenvalue weighted by molar-refractivity contribution is 14.1. The van der Waals surface area contributed by atoms with Gasteiger partial charge in [-0.3, -0.25) is 9.10 Å². The molecule has 2 aromatic carbocycles. The van der Waals surface area contributed by atoms with Crippen LogP contribution in [-0.2, 0) is 14.8 Å². The SMILES string of the molecule is Cc1ccc(OCCNC(=O)CCCN(c2ccc(I)cc2C)S(C)(=O)=O)cc1C. The second-order valence-corrected chi connectivity index (χ2v) is 10.5. The highest BCUT2D eigenvalue weighted by atomic mass is 127. The number of rotatable bonds is 10. The molecule has 164 valence electrons. The first-order valence-electron chi connectivity index (χ1n) is 9.78. The lowest BCUT2D eigenvalue weighted by Crippen LogP contribution is -2.33. The van der Waals surface area contributed by atoms with Gasteiger partial charge < -0.3 is 10.1 Å². The van der Waals surface area contributed by atoms with Crippen molar-refractivity contribution in [3.8, 4) is 5.75 Å². The number of benzene rings is 2. The van der Waals surface area contributed by atoms with Gasteiger partial charge in [-0.05, 0) is 96.8 Å². The molecule has 0 aliphatic carbocycles. The summed E-state index contributed by atoms with van der Waals surface area (Å²) in [6.45, 7) is 7.00. The molecule has 0 heterocycles. The molecular weight excluding hydrogens is 515 g/mol. The maximum Gasteiger partial charge on any atom is 0.232 e. The number of sulfonamides is 1. The van der Waals surface area contributed by atoms with E-state index in [1.165, 1.54) is 16.1 Å². The van der Waals surface area contributed by atoms with E-state index >= 15 is 0 Å². The Kier molecular flexibility index (Phi) is 8.96. The van der Waals surface area contributed by atoms with Crippen molar-refractivity contribution in [1.82, 2.24) is 5.32 Å². The van der Waals surface area contributed by atoms with Crippen molar-refractivity contribution in [2.24, 2.45) is 0 Å². The maximum atomic E-state index is 12.2. The maximum absolute atomic E-state index is 12.2. The van der Waals surface area contributed by atoms with Crippen LogP contribution in [0.5, 0.6) is 5.75 Å². The molecule has 30 heavy (non-hydrogen) atoms. The van der Waals surface area contributed by atoms with E-state index in [9.17, 15) is 13.2 Å². The van der Waals surface area contributed by atoms with Crippen LogP contribution in [0.25, 0.3) is 0 Å². The molecule has 2 rings (SSSR count). The molecule has 0 fully saturated rings. The number of hydrogen-bond donors (Lipinski definition) is 1. The first kappa shape index (κ1) is 24.5. The molecule has 0 saturated heterocycles. The van der Waals surface area contributed by atoms with Crippen molar-refractivity contribution < 1.29 is 17.9 Å². The van der Waals surface area contributed by atoms with Crippen LogP contribution in [0.15, 0.2) is 36.4 Å². The lowest BCUT2D eigenvalue weighted by molar-refractivity contribution is -0.121. The van der Waals surface area contributed by atoms with Crippen molar-refractivity contribution in [3.63, 3.8) is 0 Å². The van der Waals surface area contributed by atoms with Crippen molar-refractivity contribution in [2.75, 3.05) is 30.3 Å². The summed E-state index contributed by atoms with van der Waals surface area (Å²) in [6.07, 6.45) is 1.87. The molecule has 0 bridgehead atoms. The van der Waals surface area contributed by atoms with E-state index in [2.05, 4.69) is 27.9 Å². The Labute approximate surface area is 193 Å². The van der Waals surface area contributed by atoms with Gasteiger partial charge in [-0.2, -0.15) is 0 Å². The quantitative estimate of drug-likeness (QED) is 0.363. The third-order valence-electron chi connectivity index (χ3n) is 4.76. The number of nitrogens with zero attached hydrogens (tertiary/aromatic N) is 1. The Morgan fingerprint density at radius 1 is 1.07 bits per heavy atom. The minimum atomic E-state index is -3.43. The van der Waals surface area contributed by atoms with Crippen LogP contribution in [0, 0.1) is 24.3 Å². The fraction of sp³-hybridized carbons (Fsp3) is 0.409. The summed E-state index contributed by atoms with van der Waals surface area (Å²) in [5, 5.41) is 2.82. The molecule has 0 saturated carbocycles. The van der Waals surface area contributed by atoms with Gasteiger partial charge in [-0.1, -0.05) is 6.07 Å². The number of nitrogens with one attached hydrogen (secondary N) is 1. The second kappa shape index (κ2) is 11.0. The number of carbonyl (C=O) groups is 1. The van der Waals surface area contributed by atoms with Crippen LogP contribution in [-0.4, -0.2) is 40.3 Å². The predicted molar refractivity (Wildman–Crippen MR) is 130 cm³/mol. The van der Waals surface area contributed by atoms with E-state index in [0.29, 0.717) is 25.3 Å². The number of anilines is 1. The summed E-state index contributed by atoms with van der Waals surface area (Å²) in [6, 6.07) is 11.5. The van der Waals surface area contributed by atoms with E-state index in [1.807, 2.05) is 57.2 Å². The van der Waals surface area contributed by atoms with Gasteiger partial charge in [0.05, 0.1) is 18.5 Å². The topological polar surface area (TPSA) is 75.7 Å². The third-order valence-corrected chi connectivity index (χ3v) is 6.62. The molecule has 0 aromatic heterocycles. The number of carbonyl (C=O) groups excluding carboxylic acids is 1. The van der Waals surface area contributed by atoms with Crippen molar-refractivity contribution >= 4 is 44.2 Å². The summed E-state index contributed by atoms with van der Waals surface area (Å²) in [5.41, 5.74) is 3.91. The molecule has 1 amide bonds. The molecule has 0 aliphatic heterocycles. The summed E-state index contributed by atoms with van der Waals surface area (Å²) in [4.78, 5) is 12.1. The van der Waals surface area contributed by atoms with E-state index < -0.39 is 10.0 Å². The Balaban J connectivity index is 1.79. The second-order valence-electron chi connectivity index (χ2n) is 7.31. The van der Waals surface area contributed by atoms with E-state index in [4.69, 9.17) is 4.74 Å². The molecule has 0 atom stereocenters. The summed E-state index contributed by atoms with van der Waals surface area (Å²) in [5.74, 6) is 0.663. The zero-order valence-electron chi connectivity index (χ0n) is 17.9. The fourth-order valence-corrected chi connectivity index (χ4v) is 4.67. The van der Waals surface area contributed by atoms with Gasteiger partial charge in [0, 0.05) is 16.5 Å². The van der Waals surface area contributed by atoms with Gasteiger partial charge in [0.2, 0.25) is 15.9 Å². The lowest BCUT2D eigenvalue weighted by atomic mass is 10.1. The third kappa shape index (κ3) is 7.46. The molecule has 0 radical (unpaired) electrons. The minimum Gasteiger partial charge on any atom is -0.492 e. The number of halogens is 1. The van der Waals surface area contributed by atoms with E-state index in [-0.39, 0.29) is 18.9 Å². The fourth-order valence-electron chi connectivity index (χ4n) is 3.00.